The molecule has 6 nitrogen and oxygen atoms in total. The van der Waals surface area contributed by atoms with Gasteiger partial charge in [0.2, 0.25) is 17.7 Å². The fraction of sp³-hybridized carbons (Fsp3) is 0.250. The maximum atomic E-state index is 11.8. The number of benzene rings is 1. The van der Waals surface area contributed by atoms with Crippen LogP contribution in [-0.2, 0) is 14.4 Å². The van der Waals surface area contributed by atoms with Crippen molar-refractivity contribution in [3.8, 4) is 0 Å². The van der Waals surface area contributed by atoms with Gasteiger partial charge in [0.1, 0.15) is 6.54 Å². The first-order chi connectivity index (χ1) is 8.97. The molecule has 7 heteroatoms. The molecule has 0 unspecified atom stereocenters. The zero-order chi connectivity index (χ0) is 14.0. The highest BCUT2D eigenvalue weighted by molar-refractivity contribution is 9.10. The lowest BCUT2D eigenvalue weighted by atomic mass is 10.3. The van der Waals surface area contributed by atoms with Crippen LogP contribution in [0.25, 0.3) is 0 Å². The molecule has 1 aromatic carbocycles. The highest BCUT2D eigenvalue weighted by Crippen LogP contribution is 2.24. The summed E-state index contributed by atoms with van der Waals surface area (Å²) in [6, 6.07) is 4.94. The molecule has 0 bridgehead atoms. The lowest BCUT2D eigenvalue weighted by Gasteiger charge is -2.14. The molecule has 3 N–H and O–H groups in total. The van der Waals surface area contributed by atoms with E-state index in [0.717, 1.165) is 4.90 Å². The van der Waals surface area contributed by atoms with Gasteiger partial charge in [0.15, 0.2) is 0 Å². The predicted octanol–water partition coefficient (Wildman–Crippen LogP) is 1.12. The number of carbonyl (C=O) groups is 3. The van der Waals surface area contributed by atoms with Gasteiger partial charge in [0, 0.05) is 23.0 Å². The van der Waals surface area contributed by atoms with E-state index in [1.807, 2.05) is 0 Å². The standard InChI is InChI=1S/C12H12BrN3O3/c13-8-5-7(14)1-2-9(8)15-10(17)6-16-11(18)3-4-12(16)19/h1-2,5H,3-4,6,14H2,(H,15,17). The third-order valence-electron chi connectivity index (χ3n) is 2.72. The van der Waals surface area contributed by atoms with E-state index >= 15 is 0 Å². The van der Waals surface area contributed by atoms with Crippen LogP contribution in [0.3, 0.4) is 0 Å². The number of nitrogens with two attached hydrogens (primary N) is 1. The number of anilines is 2. The summed E-state index contributed by atoms with van der Waals surface area (Å²) in [4.78, 5) is 35.5. The van der Waals surface area contributed by atoms with Crippen LogP contribution in [0.15, 0.2) is 22.7 Å². The quantitative estimate of drug-likeness (QED) is 0.643. The van der Waals surface area contributed by atoms with Gasteiger partial charge in [-0.05, 0) is 34.1 Å². The summed E-state index contributed by atoms with van der Waals surface area (Å²) < 4.78 is 0.639. The average molecular weight is 326 g/mol. The third kappa shape index (κ3) is 3.11. The van der Waals surface area contributed by atoms with Gasteiger partial charge in [0.25, 0.3) is 0 Å². The Kier molecular flexibility index (Phi) is 3.84. The van der Waals surface area contributed by atoms with Crippen molar-refractivity contribution in [3.63, 3.8) is 0 Å². The Morgan fingerprint density at radius 3 is 2.53 bits per heavy atom. The van der Waals surface area contributed by atoms with Gasteiger partial charge < -0.3 is 11.1 Å². The molecule has 1 aliphatic rings. The highest BCUT2D eigenvalue weighted by atomic mass is 79.9. The van der Waals surface area contributed by atoms with Gasteiger partial charge in [-0.25, -0.2) is 0 Å². The van der Waals surface area contributed by atoms with Crippen molar-refractivity contribution in [2.75, 3.05) is 17.6 Å². The zero-order valence-electron chi connectivity index (χ0n) is 9.98. The van der Waals surface area contributed by atoms with Crippen molar-refractivity contribution < 1.29 is 14.4 Å². The highest BCUT2D eigenvalue weighted by Gasteiger charge is 2.30. The number of nitrogens with one attached hydrogen (secondary N) is 1. The second-order valence-corrected chi connectivity index (χ2v) is 5.02. The molecule has 0 spiro atoms. The number of nitrogen functional groups attached to an aromatic ring is 1. The van der Waals surface area contributed by atoms with E-state index in [2.05, 4.69) is 21.2 Å². The minimum Gasteiger partial charge on any atom is -0.399 e. The number of carbonyl (C=O) groups excluding carboxylic acids is 3. The third-order valence-corrected chi connectivity index (χ3v) is 3.38. The summed E-state index contributed by atoms with van der Waals surface area (Å²) in [5.74, 6) is -1.04. The zero-order valence-corrected chi connectivity index (χ0v) is 11.6. The minimum absolute atomic E-state index is 0.178. The van der Waals surface area contributed by atoms with Crippen molar-refractivity contribution in [1.82, 2.24) is 4.90 Å². The van der Waals surface area contributed by atoms with Crippen LogP contribution < -0.4 is 11.1 Å². The number of nitrogens with zero attached hydrogens (tertiary/aromatic N) is 1. The second kappa shape index (κ2) is 5.40. The summed E-state index contributed by atoms with van der Waals surface area (Å²) in [7, 11) is 0. The molecule has 0 radical (unpaired) electrons. The molecule has 0 saturated carbocycles. The lowest BCUT2D eigenvalue weighted by Crippen LogP contribution is -2.36. The lowest BCUT2D eigenvalue weighted by molar-refractivity contribution is -0.141. The predicted molar refractivity (Wildman–Crippen MR) is 73.1 cm³/mol. The number of halogens is 1. The number of rotatable bonds is 3. The average Bonchev–Trinajstić information content (AvgIpc) is 2.65. The van der Waals surface area contributed by atoms with Crippen LogP contribution in [0.5, 0.6) is 0 Å². The van der Waals surface area contributed by atoms with E-state index < -0.39 is 5.91 Å². The molecule has 3 amide bonds. The van der Waals surface area contributed by atoms with E-state index in [4.69, 9.17) is 5.73 Å². The first kappa shape index (κ1) is 13.5. The Labute approximate surface area is 118 Å². The van der Waals surface area contributed by atoms with E-state index in [0.29, 0.717) is 15.8 Å². The van der Waals surface area contributed by atoms with E-state index in [1.54, 1.807) is 18.2 Å². The van der Waals surface area contributed by atoms with Crippen molar-refractivity contribution in [2.24, 2.45) is 0 Å². The Morgan fingerprint density at radius 2 is 1.95 bits per heavy atom. The normalized spacial score (nSPS) is 14.9. The summed E-state index contributed by atoms with van der Waals surface area (Å²) in [6.45, 7) is -0.255. The molecule has 1 fully saturated rings. The van der Waals surface area contributed by atoms with Gasteiger partial charge >= 0.3 is 0 Å². The second-order valence-electron chi connectivity index (χ2n) is 4.16. The number of amides is 3. The van der Waals surface area contributed by atoms with Crippen molar-refractivity contribution in [1.29, 1.82) is 0 Å². The summed E-state index contributed by atoms with van der Waals surface area (Å²) in [5, 5.41) is 2.62. The molecule has 0 atom stereocenters. The number of hydrogen-bond donors (Lipinski definition) is 2. The van der Waals surface area contributed by atoms with Crippen LogP contribution in [0.2, 0.25) is 0 Å². The van der Waals surface area contributed by atoms with Crippen LogP contribution in [0.4, 0.5) is 11.4 Å². The Balaban J connectivity index is 2.01. The SMILES string of the molecule is Nc1ccc(NC(=O)CN2C(=O)CCC2=O)c(Br)c1. The van der Waals surface area contributed by atoms with Gasteiger partial charge in [-0.3, -0.25) is 19.3 Å². The van der Waals surface area contributed by atoms with Crippen LogP contribution in [-0.4, -0.2) is 29.2 Å². The van der Waals surface area contributed by atoms with Gasteiger partial charge in [-0.2, -0.15) is 0 Å². The van der Waals surface area contributed by atoms with Gasteiger partial charge in [-0.15, -0.1) is 0 Å². The Bertz CT molecular complexity index is 543. The van der Waals surface area contributed by atoms with Crippen LogP contribution >= 0.6 is 15.9 Å². The fourth-order valence-electron chi connectivity index (χ4n) is 1.77. The topological polar surface area (TPSA) is 92.5 Å². The Hall–Kier alpha value is -1.89. The van der Waals surface area contributed by atoms with Crippen LogP contribution in [0.1, 0.15) is 12.8 Å². The van der Waals surface area contributed by atoms with Crippen LogP contribution in [0, 0.1) is 0 Å². The van der Waals surface area contributed by atoms with Gasteiger partial charge in [0.05, 0.1) is 5.69 Å². The maximum absolute atomic E-state index is 11.8. The van der Waals surface area contributed by atoms with Gasteiger partial charge in [-0.1, -0.05) is 0 Å². The first-order valence-electron chi connectivity index (χ1n) is 5.65. The monoisotopic (exact) mass is 325 g/mol. The molecule has 0 aromatic heterocycles. The number of imide groups is 1. The largest absolute Gasteiger partial charge is 0.399 e. The Morgan fingerprint density at radius 1 is 1.32 bits per heavy atom. The smallest absolute Gasteiger partial charge is 0.244 e. The summed E-state index contributed by atoms with van der Waals surface area (Å²) >= 11 is 3.27. The first-order valence-corrected chi connectivity index (χ1v) is 6.45. The molecule has 19 heavy (non-hydrogen) atoms. The minimum atomic E-state index is -0.422. The van der Waals surface area contributed by atoms with Crippen molar-refractivity contribution in [3.05, 3.63) is 22.7 Å². The van der Waals surface area contributed by atoms with E-state index in [-0.39, 0.29) is 31.2 Å². The molecule has 1 aliphatic heterocycles. The summed E-state index contributed by atoms with van der Waals surface area (Å²) in [6.07, 6.45) is 0.357. The van der Waals surface area contributed by atoms with E-state index in [9.17, 15) is 14.4 Å². The fourth-order valence-corrected chi connectivity index (χ4v) is 2.26. The molecule has 1 heterocycles. The molecule has 0 aliphatic carbocycles. The van der Waals surface area contributed by atoms with Crippen molar-refractivity contribution >= 4 is 45.0 Å². The molecule has 100 valence electrons. The maximum Gasteiger partial charge on any atom is 0.244 e. The molecular weight excluding hydrogens is 314 g/mol. The molecule has 1 aromatic rings. The number of likely N-dealkylation sites (tertiary alicyclic amines) is 1. The molecule has 2 rings (SSSR count). The van der Waals surface area contributed by atoms with Crippen molar-refractivity contribution in [2.45, 2.75) is 12.8 Å². The molecule has 1 saturated heterocycles. The number of hydrogen-bond acceptors (Lipinski definition) is 4. The van der Waals surface area contributed by atoms with E-state index in [1.165, 1.54) is 0 Å². The molecular formula is C12H12BrN3O3. The summed E-state index contributed by atoms with van der Waals surface area (Å²) in [5.41, 5.74) is 6.69.